The monoisotopic (exact) mass is 254 g/mol. The van der Waals surface area contributed by atoms with Crippen LogP contribution in [0.1, 0.15) is 6.92 Å². The zero-order valence-corrected chi connectivity index (χ0v) is 9.47. The topological polar surface area (TPSA) is 73.5 Å². The van der Waals surface area contributed by atoms with Crippen LogP contribution >= 0.6 is 0 Å². The van der Waals surface area contributed by atoms with Gasteiger partial charge in [0.2, 0.25) is 0 Å². The van der Waals surface area contributed by atoms with Crippen molar-refractivity contribution in [1.82, 2.24) is 4.59 Å². The summed E-state index contributed by atoms with van der Waals surface area (Å²) in [6, 6.07) is 2.87. The molecule has 1 N–H and O–H groups in total. The summed E-state index contributed by atoms with van der Waals surface area (Å²) in [6.07, 6.45) is 2.32. The number of nitrogens with zero attached hydrogens (tertiary/aromatic N) is 3. The zero-order chi connectivity index (χ0) is 13.8. The van der Waals surface area contributed by atoms with E-state index >= 15 is 0 Å². The van der Waals surface area contributed by atoms with Crippen LogP contribution in [-0.2, 0) is 4.79 Å². The average Bonchev–Trinajstić information content (AvgIpc) is 2.35. The first-order valence-corrected chi connectivity index (χ1v) is 4.98. The van der Waals surface area contributed by atoms with Gasteiger partial charge in [-0.1, -0.05) is 9.69 Å². The summed E-state index contributed by atoms with van der Waals surface area (Å²) in [5, 5.41) is 21.2. The summed E-state index contributed by atoms with van der Waals surface area (Å²) < 4.78 is 25.1. The van der Waals surface area contributed by atoms with Crippen LogP contribution in [-0.4, -0.2) is 23.8 Å². The molecule has 5 nitrogen and oxygen atoms in total. The fraction of sp³-hybridized carbons (Fsp3) is 0.182. The maximum Gasteiger partial charge on any atom is 0.352 e. The van der Waals surface area contributed by atoms with Gasteiger partial charge in [0.1, 0.15) is 6.54 Å². The lowest BCUT2D eigenvalue weighted by molar-refractivity contribution is -0.128. The molecule has 0 bridgehead atoms. The summed E-state index contributed by atoms with van der Waals surface area (Å²) >= 11 is 0. The molecule has 0 heterocycles. The summed E-state index contributed by atoms with van der Waals surface area (Å²) in [5.41, 5.74) is 0.0522. The summed E-state index contributed by atoms with van der Waals surface area (Å²) in [6.45, 7) is 1.65. The number of carboxylic acids is 1. The fourth-order valence-corrected chi connectivity index (χ4v) is 1.35. The van der Waals surface area contributed by atoms with Gasteiger partial charge >= 0.3 is 12.2 Å². The molecule has 18 heavy (non-hydrogen) atoms. The Morgan fingerprint density at radius 1 is 1.56 bits per heavy atom. The lowest BCUT2D eigenvalue weighted by atomic mass is 10.2. The third-order valence-electron chi connectivity index (χ3n) is 2.32. The molecule has 0 radical (unpaired) electrons. The minimum Gasteiger partial charge on any atom is -0.477 e. The minimum atomic E-state index is -1.33. The summed E-state index contributed by atoms with van der Waals surface area (Å²) in [5.74, 6) is -3.50. The van der Waals surface area contributed by atoms with Gasteiger partial charge in [0, 0.05) is 12.1 Å². The number of nitriles is 1. The van der Waals surface area contributed by atoms with E-state index in [0.29, 0.717) is 6.21 Å². The second-order valence-corrected chi connectivity index (χ2v) is 3.37. The molecule has 0 saturated carbocycles. The zero-order valence-electron chi connectivity index (χ0n) is 9.47. The number of benzene rings is 1. The molecule has 0 spiro atoms. The van der Waals surface area contributed by atoms with Gasteiger partial charge < -0.3 is 5.11 Å². The average molecular weight is 254 g/mol. The molecule has 1 unspecified atom stereocenters. The van der Waals surface area contributed by atoms with E-state index in [1.165, 1.54) is 6.07 Å². The standard InChI is InChI=1S/C11H9F2N3O2/c1-2-16(7-14,15-6-11(17)18)8-3-4-9(12)10(13)5-8/h3-6H,2H2,1H3/p+1. The molecule has 1 aromatic rings. The molecule has 0 saturated heterocycles. The van der Waals surface area contributed by atoms with Gasteiger partial charge in [0.05, 0.1) is 0 Å². The van der Waals surface area contributed by atoms with E-state index in [-0.39, 0.29) is 12.2 Å². The SMILES string of the molecule is CC[N+](C#N)(N=CC(=O)O)c1ccc(F)c(F)c1. The van der Waals surface area contributed by atoms with Crippen molar-refractivity contribution in [2.24, 2.45) is 5.10 Å². The molecule has 1 aromatic carbocycles. The van der Waals surface area contributed by atoms with E-state index in [9.17, 15) is 13.6 Å². The number of quaternary nitrogens is 1. The van der Waals surface area contributed by atoms with E-state index in [1.54, 1.807) is 13.1 Å². The number of rotatable bonds is 4. The van der Waals surface area contributed by atoms with Crippen LogP contribution < -0.4 is 4.59 Å². The quantitative estimate of drug-likeness (QED) is 0.385. The Bertz CT molecular complexity index is 540. The molecular formula is C11H10F2N3O2+. The van der Waals surface area contributed by atoms with Crippen LogP contribution in [0, 0.1) is 23.1 Å². The Balaban J connectivity index is 3.31. The first kappa shape index (κ1) is 13.7. The van der Waals surface area contributed by atoms with Gasteiger partial charge in [-0.25, -0.2) is 13.6 Å². The van der Waals surface area contributed by atoms with Crippen LogP contribution in [0.25, 0.3) is 0 Å². The highest BCUT2D eigenvalue weighted by molar-refractivity contribution is 6.22. The molecule has 0 aliphatic carbocycles. The highest BCUT2D eigenvalue weighted by atomic mass is 19.2. The Morgan fingerprint density at radius 2 is 2.22 bits per heavy atom. The first-order valence-electron chi connectivity index (χ1n) is 4.98. The maximum atomic E-state index is 13.1. The van der Waals surface area contributed by atoms with Gasteiger partial charge in [-0.3, -0.25) is 0 Å². The Hall–Kier alpha value is -2.33. The molecule has 0 fully saturated rings. The molecule has 0 aromatic heterocycles. The van der Waals surface area contributed by atoms with Crippen molar-refractivity contribution in [3.8, 4) is 6.19 Å². The lowest BCUT2D eigenvalue weighted by Crippen LogP contribution is -2.39. The molecule has 0 aliphatic heterocycles. The summed E-state index contributed by atoms with van der Waals surface area (Å²) in [4.78, 5) is 10.4. The van der Waals surface area contributed by atoms with Crippen LogP contribution in [0.15, 0.2) is 23.3 Å². The predicted molar refractivity (Wildman–Crippen MR) is 60.4 cm³/mol. The third-order valence-corrected chi connectivity index (χ3v) is 2.32. The van der Waals surface area contributed by atoms with Crippen molar-refractivity contribution in [2.45, 2.75) is 6.92 Å². The van der Waals surface area contributed by atoms with E-state index < -0.39 is 22.2 Å². The molecule has 0 amide bonds. The van der Waals surface area contributed by atoms with Crippen LogP contribution in [0.3, 0.4) is 0 Å². The van der Waals surface area contributed by atoms with Crippen molar-refractivity contribution in [1.29, 1.82) is 5.26 Å². The van der Waals surface area contributed by atoms with Gasteiger partial charge in [0.15, 0.2) is 23.5 Å². The number of halogens is 2. The van der Waals surface area contributed by atoms with E-state index in [4.69, 9.17) is 10.4 Å². The number of hydrogen-bond donors (Lipinski definition) is 1. The first-order chi connectivity index (χ1) is 8.45. The van der Waals surface area contributed by atoms with Crippen molar-refractivity contribution in [3.05, 3.63) is 29.8 Å². The highest BCUT2D eigenvalue weighted by Gasteiger charge is 2.31. The third kappa shape index (κ3) is 2.67. The maximum absolute atomic E-state index is 13.1. The fourth-order valence-electron chi connectivity index (χ4n) is 1.35. The minimum absolute atomic E-state index is 0.0522. The van der Waals surface area contributed by atoms with Gasteiger partial charge in [-0.15, -0.1) is 5.26 Å². The van der Waals surface area contributed by atoms with Crippen molar-refractivity contribution >= 4 is 17.9 Å². The van der Waals surface area contributed by atoms with Gasteiger partial charge in [-0.2, -0.15) is 0 Å². The summed E-state index contributed by atoms with van der Waals surface area (Å²) in [7, 11) is 0. The van der Waals surface area contributed by atoms with E-state index in [0.717, 1.165) is 12.1 Å². The van der Waals surface area contributed by atoms with Crippen molar-refractivity contribution in [3.63, 3.8) is 0 Å². The van der Waals surface area contributed by atoms with E-state index in [2.05, 4.69) is 5.10 Å². The van der Waals surface area contributed by atoms with Crippen LogP contribution in [0.5, 0.6) is 0 Å². The predicted octanol–water partition coefficient (Wildman–Crippen LogP) is 1.84. The second kappa shape index (κ2) is 5.33. The van der Waals surface area contributed by atoms with Crippen LogP contribution in [0.4, 0.5) is 14.5 Å². The highest BCUT2D eigenvalue weighted by Crippen LogP contribution is 2.24. The smallest absolute Gasteiger partial charge is 0.352 e. The van der Waals surface area contributed by atoms with Crippen LogP contribution in [0.2, 0.25) is 0 Å². The second-order valence-electron chi connectivity index (χ2n) is 3.37. The molecular weight excluding hydrogens is 244 g/mol. The number of hydrogen-bond acceptors (Lipinski definition) is 3. The molecule has 1 rings (SSSR count). The number of aliphatic carboxylic acids is 1. The Labute approximate surface area is 102 Å². The van der Waals surface area contributed by atoms with Crippen molar-refractivity contribution < 1.29 is 18.7 Å². The van der Waals surface area contributed by atoms with Gasteiger partial charge in [0.25, 0.3) is 0 Å². The Morgan fingerprint density at radius 3 is 2.67 bits per heavy atom. The molecule has 94 valence electrons. The molecule has 1 atom stereocenters. The lowest BCUT2D eigenvalue weighted by Gasteiger charge is -2.19. The number of carboxylic acid groups (broad SMARTS) is 1. The molecule has 7 heteroatoms. The molecule has 0 aliphatic rings. The van der Waals surface area contributed by atoms with Gasteiger partial charge in [-0.05, 0) is 13.0 Å². The number of carbonyl (C=O) groups is 1. The van der Waals surface area contributed by atoms with E-state index in [1.807, 2.05) is 0 Å². The Kier molecular flexibility index (Phi) is 4.07. The largest absolute Gasteiger partial charge is 0.477 e. The normalized spacial score (nSPS) is 14.1. The van der Waals surface area contributed by atoms with Crippen molar-refractivity contribution in [2.75, 3.05) is 6.54 Å².